The maximum Gasteiger partial charge on any atom is 0.116 e. The maximum absolute atomic E-state index is 4.44. The molecule has 0 saturated carbocycles. The van der Waals surface area contributed by atoms with Gasteiger partial charge in [0.25, 0.3) is 0 Å². The molecule has 4 nitrogen and oxygen atoms in total. The van der Waals surface area contributed by atoms with Crippen molar-refractivity contribution in [3.63, 3.8) is 0 Å². The molecule has 1 atom stereocenters. The van der Waals surface area contributed by atoms with Crippen molar-refractivity contribution in [3.05, 3.63) is 34.8 Å². The summed E-state index contributed by atoms with van der Waals surface area (Å²) < 4.78 is 2.20. The highest BCUT2D eigenvalue weighted by atomic mass is 32.1. The van der Waals surface area contributed by atoms with Gasteiger partial charge in [-0.25, -0.2) is 9.97 Å². The summed E-state index contributed by atoms with van der Waals surface area (Å²) in [5, 5.41) is 6.67. The number of nitrogens with zero attached hydrogens (tertiary/aromatic N) is 3. The first-order chi connectivity index (χ1) is 8.59. The number of aromatic nitrogens is 3. The van der Waals surface area contributed by atoms with E-state index in [1.165, 1.54) is 5.69 Å². The predicted molar refractivity (Wildman–Crippen MR) is 74.8 cm³/mol. The molecule has 0 spiro atoms. The summed E-state index contributed by atoms with van der Waals surface area (Å²) in [7, 11) is 0. The Morgan fingerprint density at radius 1 is 1.28 bits per heavy atom. The van der Waals surface area contributed by atoms with E-state index in [1.807, 2.05) is 24.1 Å². The van der Waals surface area contributed by atoms with E-state index >= 15 is 0 Å². The molecule has 98 valence electrons. The van der Waals surface area contributed by atoms with E-state index in [-0.39, 0.29) is 6.04 Å². The van der Waals surface area contributed by atoms with Gasteiger partial charge in [0, 0.05) is 23.7 Å². The van der Waals surface area contributed by atoms with Crippen molar-refractivity contribution in [2.45, 2.75) is 45.8 Å². The van der Waals surface area contributed by atoms with Crippen LogP contribution in [0.2, 0.25) is 0 Å². The molecule has 2 aromatic heterocycles. The van der Waals surface area contributed by atoms with Crippen LogP contribution in [-0.4, -0.2) is 20.6 Å². The molecule has 1 N–H and O–H groups in total. The van der Waals surface area contributed by atoms with Crippen LogP contribution in [0.25, 0.3) is 0 Å². The first kappa shape index (κ1) is 13.2. The Balaban J connectivity index is 2.37. The van der Waals surface area contributed by atoms with E-state index in [0.29, 0.717) is 12.1 Å². The fourth-order valence-electron chi connectivity index (χ4n) is 1.96. The largest absolute Gasteiger partial charge is 0.330 e. The Labute approximate surface area is 112 Å². The van der Waals surface area contributed by atoms with Gasteiger partial charge in [0.1, 0.15) is 11.0 Å². The van der Waals surface area contributed by atoms with Crippen LogP contribution in [0.4, 0.5) is 0 Å². The van der Waals surface area contributed by atoms with Crippen molar-refractivity contribution in [3.8, 4) is 0 Å². The maximum atomic E-state index is 4.44. The molecule has 0 aliphatic carbocycles. The molecule has 0 aromatic carbocycles. The van der Waals surface area contributed by atoms with E-state index in [2.05, 4.69) is 47.5 Å². The van der Waals surface area contributed by atoms with E-state index in [1.54, 1.807) is 11.3 Å². The molecule has 0 saturated heterocycles. The van der Waals surface area contributed by atoms with Gasteiger partial charge in [-0.3, -0.25) is 0 Å². The number of rotatable bonds is 5. The smallest absolute Gasteiger partial charge is 0.116 e. The molecule has 0 aliphatic rings. The van der Waals surface area contributed by atoms with Gasteiger partial charge in [0.2, 0.25) is 0 Å². The zero-order valence-corrected chi connectivity index (χ0v) is 12.1. The molecule has 2 heterocycles. The summed E-state index contributed by atoms with van der Waals surface area (Å²) in [4.78, 5) is 8.72. The molecule has 5 heteroatoms. The van der Waals surface area contributed by atoms with Crippen LogP contribution in [0.3, 0.4) is 0 Å². The van der Waals surface area contributed by atoms with Crippen LogP contribution in [0.1, 0.15) is 50.5 Å². The Morgan fingerprint density at radius 3 is 2.61 bits per heavy atom. The second-order valence-electron chi connectivity index (χ2n) is 4.94. The number of thiazole rings is 1. The topological polar surface area (TPSA) is 42.7 Å². The minimum Gasteiger partial charge on any atom is -0.330 e. The number of nitrogens with one attached hydrogen (secondary N) is 1. The number of imidazole rings is 1. The van der Waals surface area contributed by atoms with E-state index in [4.69, 9.17) is 0 Å². The van der Waals surface area contributed by atoms with E-state index in [9.17, 15) is 0 Å². The first-order valence-corrected chi connectivity index (χ1v) is 7.14. The van der Waals surface area contributed by atoms with Crippen LogP contribution in [0.5, 0.6) is 0 Å². The third kappa shape index (κ3) is 2.79. The predicted octanol–water partition coefficient (Wildman–Crippen LogP) is 3.01. The molecule has 0 aliphatic heterocycles. The van der Waals surface area contributed by atoms with Gasteiger partial charge in [-0.15, -0.1) is 11.3 Å². The zero-order valence-electron chi connectivity index (χ0n) is 11.3. The molecule has 0 amide bonds. The second kappa shape index (κ2) is 5.63. The zero-order chi connectivity index (χ0) is 13.1. The molecule has 2 aromatic rings. The minimum absolute atomic E-state index is 0.120. The average Bonchev–Trinajstić information content (AvgIpc) is 2.97. The average molecular weight is 264 g/mol. The van der Waals surface area contributed by atoms with Crippen LogP contribution in [0, 0.1) is 0 Å². The highest BCUT2D eigenvalue weighted by Crippen LogP contribution is 2.26. The van der Waals surface area contributed by atoms with Gasteiger partial charge >= 0.3 is 0 Å². The lowest BCUT2D eigenvalue weighted by atomic mass is 10.2. The fraction of sp³-hybridized carbons (Fsp3) is 0.538. The van der Waals surface area contributed by atoms with E-state index < -0.39 is 0 Å². The third-order valence-corrected chi connectivity index (χ3v) is 3.59. The van der Waals surface area contributed by atoms with Crippen molar-refractivity contribution in [2.24, 2.45) is 0 Å². The molecule has 18 heavy (non-hydrogen) atoms. The van der Waals surface area contributed by atoms with Gasteiger partial charge in [0.15, 0.2) is 0 Å². The molecule has 0 radical (unpaired) electrons. The van der Waals surface area contributed by atoms with Gasteiger partial charge in [-0.05, 0) is 27.7 Å². The summed E-state index contributed by atoms with van der Waals surface area (Å²) in [5.74, 6) is 0. The van der Waals surface area contributed by atoms with Crippen molar-refractivity contribution in [1.29, 1.82) is 0 Å². The van der Waals surface area contributed by atoms with Crippen LogP contribution < -0.4 is 5.32 Å². The quantitative estimate of drug-likeness (QED) is 0.902. The molecule has 1 unspecified atom stereocenters. The standard InChI is InChI=1S/C13H20N4S/c1-9(2)16-12(13-15-5-6-18-13)11-7-14-8-17(11)10(3)4/h5-10,12,16H,1-4H3. The lowest BCUT2D eigenvalue weighted by molar-refractivity contribution is 0.479. The molecule has 0 fully saturated rings. The summed E-state index contributed by atoms with van der Waals surface area (Å²) in [6.07, 6.45) is 5.68. The van der Waals surface area contributed by atoms with Gasteiger partial charge in [0.05, 0.1) is 18.2 Å². The molecule has 2 rings (SSSR count). The summed E-state index contributed by atoms with van der Waals surface area (Å²) in [6.45, 7) is 8.63. The third-order valence-electron chi connectivity index (χ3n) is 2.75. The van der Waals surface area contributed by atoms with Crippen LogP contribution in [-0.2, 0) is 0 Å². The Bertz CT molecular complexity index is 473. The minimum atomic E-state index is 0.120. The molecule has 0 bridgehead atoms. The highest BCUT2D eigenvalue weighted by molar-refractivity contribution is 7.09. The summed E-state index contributed by atoms with van der Waals surface area (Å²) >= 11 is 1.68. The monoisotopic (exact) mass is 264 g/mol. The van der Waals surface area contributed by atoms with Gasteiger partial charge in [-0.1, -0.05) is 0 Å². The van der Waals surface area contributed by atoms with Crippen LogP contribution in [0.15, 0.2) is 24.1 Å². The number of hydrogen-bond donors (Lipinski definition) is 1. The van der Waals surface area contributed by atoms with Gasteiger partial charge in [-0.2, -0.15) is 0 Å². The Hall–Kier alpha value is -1.20. The summed E-state index contributed by atoms with van der Waals surface area (Å²) in [5.41, 5.74) is 1.17. The molecular formula is C13H20N4S. The normalized spacial score (nSPS) is 13.4. The Kier molecular flexibility index (Phi) is 4.14. The number of hydrogen-bond acceptors (Lipinski definition) is 4. The summed E-state index contributed by atoms with van der Waals surface area (Å²) in [6, 6.07) is 0.920. The highest BCUT2D eigenvalue weighted by Gasteiger charge is 2.21. The Morgan fingerprint density at radius 2 is 2.06 bits per heavy atom. The van der Waals surface area contributed by atoms with Gasteiger partial charge < -0.3 is 9.88 Å². The van der Waals surface area contributed by atoms with Crippen LogP contribution >= 0.6 is 11.3 Å². The van der Waals surface area contributed by atoms with Crippen molar-refractivity contribution >= 4 is 11.3 Å². The van der Waals surface area contributed by atoms with Crippen molar-refractivity contribution < 1.29 is 0 Å². The van der Waals surface area contributed by atoms with Crippen molar-refractivity contribution in [1.82, 2.24) is 19.9 Å². The lowest BCUT2D eigenvalue weighted by Crippen LogP contribution is -2.30. The van der Waals surface area contributed by atoms with E-state index in [0.717, 1.165) is 5.01 Å². The fourth-order valence-corrected chi connectivity index (χ4v) is 2.67. The lowest BCUT2D eigenvalue weighted by Gasteiger charge is -2.22. The van der Waals surface area contributed by atoms with Crippen molar-refractivity contribution in [2.75, 3.05) is 0 Å². The SMILES string of the molecule is CC(C)NC(c1nccs1)c1cncn1C(C)C. The molecular weight excluding hydrogens is 244 g/mol. The first-order valence-electron chi connectivity index (χ1n) is 6.26. The second-order valence-corrected chi connectivity index (χ2v) is 5.87.